The Kier molecular flexibility index (Phi) is 10.0. The highest BCUT2D eigenvalue weighted by atomic mass is 16.6. The Morgan fingerprint density at radius 3 is 2.44 bits per heavy atom. The summed E-state index contributed by atoms with van der Waals surface area (Å²) in [6, 6.07) is 5.48. The number of carboxylic acid groups (broad SMARTS) is 1. The molecule has 0 aliphatic rings. The van der Waals surface area contributed by atoms with Crippen molar-refractivity contribution in [1.29, 1.82) is 0 Å². The van der Waals surface area contributed by atoms with Crippen LogP contribution >= 0.6 is 0 Å². The molecule has 0 aromatic heterocycles. The van der Waals surface area contributed by atoms with Crippen LogP contribution in [0.2, 0.25) is 0 Å². The van der Waals surface area contributed by atoms with E-state index in [2.05, 4.69) is 20.7 Å². The lowest BCUT2D eigenvalue weighted by Crippen LogP contribution is -2.42. The van der Waals surface area contributed by atoms with Gasteiger partial charge >= 0.3 is 18.0 Å². The van der Waals surface area contributed by atoms with Crippen molar-refractivity contribution < 1.29 is 38.8 Å². The first-order valence-electron chi connectivity index (χ1n) is 7.99. The van der Waals surface area contributed by atoms with E-state index >= 15 is 0 Å². The van der Waals surface area contributed by atoms with Gasteiger partial charge in [0, 0.05) is 26.7 Å². The molecule has 2 amide bonds. The van der Waals surface area contributed by atoms with Crippen molar-refractivity contribution in [3.05, 3.63) is 24.3 Å². The Morgan fingerprint density at radius 2 is 1.81 bits per heavy atom. The van der Waals surface area contributed by atoms with E-state index in [4.69, 9.17) is 14.6 Å². The van der Waals surface area contributed by atoms with Crippen LogP contribution in [0.15, 0.2) is 24.3 Å². The molecule has 0 saturated carbocycles. The molecule has 150 valence electrons. The van der Waals surface area contributed by atoms with Gasteiger partial charge in [0.15, 0.2) is 0 Å². The molecule has 0 saturated heterocycles. The van der Waals surface area contributed by atoms with Gasteiger partial charge in [-0.05, 0) is 24.3 Å². The maximum Gasteiger partial charge on any atom is 0.417 e. The normalized spacial score (nSPS) is 11.3. The monoisotopic (exact) mass is 385 g/mol. The lowest BCUT2D eigenvalue weighted by Gasteiger charge is -2.18. The largest absolute Gasteiger partial charge is 0.508 e. The average molecular weight is 385 g/mol. The summed E-state index contributed by atoms with van der Waals surface area (Å²) in [6.07, 6.45) is -0.871. The molecule has 1 unspecified atom stereocenters. The highest BCUT2D eigenvalue weighted by Gasteiger charge is 2.20. The van der Waals surface area contributed by atoms with E-state index in [0.29, 0.717) is 12.3 Å². The van der Waals surface area contributed by atoms with E-state index in [9.17, 15) is 19.5 Å². The van der Waals surface area contributed by atoms with E-state index in [1.54, 1.807) is 0 Å². The number of methoxy groups -OCH3 is 1. The Balaban J connectivity index is 2.39. The molecular weight excluding hydrogens is 362 g/mol. The van der Waals surface area contributed by atoms with Crippen molar-refractivity contribution >= 4 is 18.0 Å². The molecule has 0 bridgehead atoms. The third-order valence-corrected chi connectivity index (χ3v) is 3.06. The number of hydrogen-bond acceptors (Lipinski definition) is 8. The van der Waals surface area contributed by atoms with Crippen LogP contribution in [0, 0.1) is 0 Å². The average Bonchev–Trinajstić information content (AvgIpc) is 2.64. The van der Waals surface area contributed by atoms with Gasteiger partial charge in [-0.1, -0.05) is 0 Å². The van der Waals surface area contributed by atoms with Crippen molar-refractivity contribution in [3.63, 3.8) is 0 Å². The van der Waals surface area contributed by atoms with Crippen molar-refractivity contribution in [3.8, 4) is 11.5 Å². The van der Waals surface area contributed by atoms with Gasteiger partial charge in [-0.2, -0.15) is 0 Å². The van der Waals surface area contributed by atoms with Gasteiger partial charge in [0.25, 0.3) is 0 Å². The molecule has 11 heteroatoms. The molecule has 11 nitrogen and oxygen atoms in total. The minimum Gasteiger partial charge on any atom is -0.508 e. The number of aliphatic carboxylic acids is 1. The number of carboxylic acids is 1. The van der Waals surface area contributed by atoms with E-state index in [0.717, 1.165) is 0 Å². The number of nitrogens with one attached hydrogen (secondary N) is 3. The number of esters is 1. The van der Waals surface area contributed by atoms with Crippen molar-refractivity contribution in [2.45, 2.75) is 6.10 Å². The van der Waals surface area contributed by atoms with Gasteiger partial charge in [0.2, 0.25) is 0 Å². The van der Waals surface area contributed by atoms with Gasteiger partial charge in [-0.25, -0.2) is 14.4 Å². The summed E-state index contributed by atoms with van der Waals surface area (Å²) in [4.78, 5) is 33.2. The van der Waals surface area contributed by atoms with Crippen molar-refractivity contribution in [2.75, 3.05) is 40.1 Å². The first-order valence-corrected chi connectivity index (χ1v) is 7.99. The smallest absolute Gasteiger partial charge is 0.417 e. The van der Waals surface area contributed by atoms with Crippen molar-refractivity contribution in [2.24, 2.45) is 0 Å². The number of ether oxygens (including phenoxy) is 3. The topological polar surface area (TPSA) is 155 Å². The molecule has 1 aromatic carbocycles. The van der Waals surface area contributed by atoms with Gasteiger partial charge < -0.3 is 40.4 Å². The van der Waals surface area contributed by atoms with E-state index in [1.165, 1.54) is 31.4 Å². The predicted molar refractivity (Wildman–Crippen MR) is 92.4 cm³/mol. The van der Waals surface area contributed by atoms with Crippen LogP contribution in [0.25, 0.3) is 0 Å². The molecule has 0 radical (unpaired) electrons. The fraction of sp³-hybridized carbons (Fsp3) is 0.438. The second kappa shape index (κ2) is 12.3. The van der Waals surface area contributed by atoms with Crippen LogP contribution in [0.4, 0.5) is 4.79 Å². The van der Waals surface area contributed by atoms with Crippen LogP contribution in [0.1, 0.15) is 0 Å². The third kappa shape index (κ3) is 9.87. The van der Waals surface area contributed by atoms with Gasteiger partial charge in [-0.15, -0.1) is 0 Å². The molecule has 0 aliphatic carbocycles. The zero-order chi connectivity index (χ0) is 20.1. The van der Waals surface area contributed by atoms with E-state index in [-0.39, 0.29) is 32.2 Å². The number of carbonyl (C=O) groups excluding carboxylic acids is 2. The third-order valence-electron chi connectivity index (χ3n) is 3.06. The molecule has 5 N–H and O–H groups in total. The summed E-state index contributed by atoms with van der Waals surface area (Å²) in [5.74, 6) is -2.62. The summed E-state index contributed by atoms with van der Waals surface area (Å²) >= 11 is 0. The maximum atomic E-state index is 11.3. The standard InChI is InChI=1S/C16H23N3O8/c1-25-10-19-16(24)18-7-6-17-8-13(27-15(23)14(21)22)9-26-12-4-2-11(20)3-5-12/h2-5,13,17,20H,6-10H2,1H3,(H,21,22)(H2,18,19,24). The zero-order valence-electron chi connectivity index (χ0n) is 14.8. The second-order valence-corrected chi connectivity index (χ2v) is 5.21. The molecule has 27 heavy (non-hydrogen) atoms. The van der Waals surface area contributed by atoms with Crippen molar-refractivity contribution in [1.82, 2.24) is 16.0 Å². The number of phenols is 1. The molecule has 1 atom stereocenters. The highest BCUT2D eigenvalue weighted by Crippen LogP contribution is 2.16. The minimum atomic E-state index is -1.71. The SMILES string of the molecule is COCNC(=O)NCCNCC(COc1ccc(O)cc1)OC(=O)C(=O)O. The molecule has 1 rings (SSSR count). The molecule has 0 fully saturated rings. The number of amides is 2. The first kappa shape index (κ1) is 22.0. The Labute approximate surface area is 155 Å². The van der Waals surface area contributed by atoms with Gasteiger partial charge in [0.05, 0.1) is 0 Å². The number of urea groups is 1. The first-order chi connectivity index (χ1) is 12.9. The maximum absolute atomic E-state index is 11.3. The van der Waals surface area contributed by atoms with E-state index in [1.807, 2.05) is 0 Å². The highest BCUT2D eigenvalue weighted by molar-refractivity contribution is 6.28. The van der Waals surface area contributed by atoms with Crippen LogP contribution < -0.4 is 20.7 Å². The number of carbonyl (C=O) groups is 3. The zero-order valence-corrected chi connectivity index (χ0v) is 14.8. The van der Waals surface area contributed by atoms with Crippen LogP contribution in [0.5, 0.6) is 11.5 Å². The summed E-state index contributed by atoms with van der Waals surface area (Å²) in [5.41, 5.74) is 0. The Morgan fingerprint density at radius 1 is 1.11 bits per heavy atom. The minimum absolute atomic E-state index is 0.0694. The second-order valence-electron chi connectivity index (χ2n) is 5.21. The lowest BCUT2D eigenvalue weighted by atomic mass is 10.3. The molecule has 0 spiro atoms. The molecule has 0 heterocycles. The van der Waals surface area contributed by atoms with Gasteiger partial charge in [0.1, 0.15) is 30.9 Å². The summed E-state index contributed by atoms with van der Waals surface area (Å²) < 4.78 is 15.0. The number of benzene rings is 1. The summed E-state index contributed by atoms with van der Waals surface area (Å²) in [6.45, 7) is 0.729. The number of rotatable bonds is 11. The van der Waals surface area contributed by atoms with Crippen LogP contribution in [-0.4, -0.2) is 74.4 Å². The van der Waals surface area contributed by atoms with Gasteiger partial charge in [-0.3, -0.25) is 0 Å². The van der Waals surface area contributed by atoms with Crippen LogP contribution in [0.3, 0.4) is 0 Å². The lowest BCUT2D eigenvalue weighted by molar-refractivity contribution is -0.168. The summed E-state index contributed by atoms with van der Waals surface area (Å²) in [7, 11) is 1.45. The van der Waals surface area contributed by atoms with E-state index < -0.39 is 24.1 Å². The summed E-state index contributed by atoms with van der Waals surface area (Å²) in [5, 5.41) is 25.8. The Hall–Kier alpha value is -3.05. The fourth-order valence-electron chi connectivity index (χ4n) is 1.80. The molecular formula is C16H23N3O8. The predicted octanol–water partition coefficient (Wildman–Crippen LogP) is -0.740. The number of aromatic hydroxyl groups is 1. The molecule has 1 aromatic rings. The van der Waals surface area contributed by atoms with Crippen LogP contribution in [-0.2, 0) is 19.1 Å². The molecule has 0 aliphatic heterocycles. The number of phenolic OH excluding ortho intramolecular Hbond substituents is 1. The quantitative estimate of drug-likeness (QED) is 0.143. The number of hydrogen-bond donors (Lipinski definition) is 5. The Bertz CT molecular complexity index is 608. The fourth-order valence-corrected chi connectivity index (χ4v) is 1.80.